The number of nitrogens with one attached hydrogen (secondary N) is 1. The largest absolute Gasteiger partial charge is 1.00 e. The highest BCUT2D eigenvalue weighted by Crippen LogP contribution is 2.29. The summed E-state index contributed by atoms with van der Waals surface area (Å²) in [6.45, 7) is 7.97. The summed E-state index contributed by atoms with van der Waals surface area (Å²) in [6, 6.07) is 15.0. The number of benzene rings is 2. The SMILES string of the molecule is Cc1ccc(NC2=C([n+]3cc(C)cc(C)c3)C(=O)c3ccccc3C2=O)c(C)c1.[I-]. The smallest absolute Gasteiger partial charge is 0.286 e. The first-order valence-corrected chi connectivity index (χ1v) is 9.62. The molecule has 5 heteroatoms. The van der Waals surface area contributed by atoms with Crippen molar-refractivity contribution in [1.82, 2.24) is 0 Å². The number of hydrogen-bond acceptors (Lipinski definition) is 3. The Labute approximate surface area is 193 Å². The van der Waals surface area contributed by atoms with Crippen LogP contribution in [0.15, 0.2) is 66.6 Å². The predicted molar refractivity (Wildman–Crippen MR) is 114 cm³/mol. The topological polar surface area (TPSA) is 50.1 Å². The summed E-state index contributed by atoms with van der Waals surface area (Å²) in [4.78, 5) is 26.9. The second-order valence-electron chi connectivity index (χ2n) is 7.67. The van der Waals surface area contributed by atoms with Crippen molar-refractivity contribution in [2.24, 2.45) is 0 Å². The van der Waals surface area contributed by atoms with Gasteiger partial charge < -0.3 is 29.3 Å². The Morgan fingerprint density at radius 3 is 1.93 bits per heavy atom. The maximum atomic E-state index is 13.5. The van der Waals surface area contributed by atoms with E-state index in [4.69, 9.17) is 0 Å². The van der Waals surface area contributed by atoms with E-state index in [0.717, 1.165) is 27.9 Å². The first kappa shape index (κ1) is 21.9. The number of pyridine rings is 1. The molecule has 0 saturated carbocycles. The van der Waals surface area contributed by atoms with Crippen LogP contribution >= 0.6 is 0 Å². The number of hydrogen-bond donors (Lipinski definition) is 1. The molecule has 0 radical (unpaired) electrons. The first-order valence-electron chi connectivity index (χ1n) is 9.62. The van der Waals surface area contributed by atoms with Gasteiger partial charge in [0, 0.05) is 27.9 Å². The van der Waals surface area contributed by atoms with Gasteiger partial charge in [0.2, 0.25) is 5.78 Å². The molecule has 1 N–H and O–H groups in total. The number of halogens is 1. The Kier molecular flexibility index (Phi) is 6.22. The first-order chi connectivity index (χ1) is 13.8. The van der Waals surface area contributed by atoms with Gasteiger partial charge in [-0.1, -0.05) is 42.0 Å². The zero-order chi connectivity index (χ0) is 20.7. The summed E-state index contributed by atoms with van der Waals surface area (Å²) in [5.41, 5.74) is 6.52. The highest BCUT2D eigenvalue weighted by Gasteiger charge is 2.38. The van der Waals surface area contributed by atoms with Crippen LogP contribution in [-0.4, -0.2) is 11.6 Å². The lowest BCUT2D eigenvalue weighted by atomic mass is 9.89. The maximum Gasteiger partial charge on any atom is 0.286 e. The summed E-state index contributed by atoms with van der Waals surface area (Å²) in [7, 11) is 0. The highest BCUT2D eigenvalue weighted by molar-refractivity contribution is 6.36. The van der Waals surface area contributed by atoms with Gasteiger partial charge in [0.05, 0.1) is 0 Å². The normalized spacial score (nSPS) is 13.1. The zero-order valence-corrected chi connectivity index (χ0v) is 19.6. The average Bonchev–Trinajstić information content (AvgIpc) is 2.67. The van der Waals surface area contributed by atoms with Gasteiger partial charge in [-0.3, -0.25) is 9.59 Å². The summed E-state index contributed by atoms with van der Waals surface area (Å²) >= 11 is 0. The van der Waals surface area contributed by atoms with Crippen molar-refractivity contribution >= 4 is 23.0 Å². The number of aryl methyl sites for hydroxylation is 4. The van der Waals surface area contributed by atoms with Crippen LogP contribution in [0.2, 0.25) is 0 Å². The van der Waals surface area contributed by atoms with Crippen molar-refractivity contribution in [2.45, 2.75) is 27.7 Å². The number of Topliss-reactive ketones (excluding diaryl/α,β-unsaturated/α-hetero) is 2. The van der Waals surface area contributed by atoms with Crippen LogP contribution in [0.25, 0.3) is 5.70 Å². The van der Waals surface area contributed by atoms with Gasteiger partial charge in [0.25, 0.3) is 11.5 Å². The van der Waals surface area contributed by atoms with Crippen molar-refractivity contribution in [3.8, 4) is 0 Å². The van der Waals surface area contributed by atoms with Crippen LogP contribution in [0.5, 0.6) is 0 Å². The van der Waals surface area contributed by atoms with Crippen LogP contribution in [0.4, 0.5) is 5.69 Å². The second-order valence-corrected chi connectivity index (χ2v) is 7.67. The van der Waals surface area contributed by atoms with Crippen LogP contribution in [-0.2, 0) is 0 Å². The Morgan fingerprint density at radius 2 is 1.33 bits per heavy atom. The van der Waals surface area contributed by atoms with E-state index >= 15 is 0 Å². The second kappa shape index (κ2) is 8.52. The number of anilines is 1. The number of fused-ring (bicyclic) bond motifs is 1. The fourth-order valence-electron chi connectivity index (χ4n) is 3.85. The Morgan fingerprint density at radius 1 is 0.733 bits per heavy atom. The molecule has 30 heavy (non-hydrogen) atoms. The van der Waals surface area contributed by atoms with E-state index in [0.29, 0.717) is 22.5 Å². The number of carbonyl (C=O) groups is 2. The van der Waals surface area contributed by atoms with E-state index in [-0.39, 0.29) is 35.5 Å². The van der Waals surface area contributed by atoms with Crippen molar-refractivity contribution in [3.63, 3.8) is 0 Å². The van der Waals surface area contributed by atoms with Gasteiger partial charge in [-0.25, -0.2) is 0 Å². The van der Waals surface area contributed by atoms with Gasteiger partial charge in [-0.05, 0) is 45.4 Å². The average molecular weight is 510 g/mol. The van der Waals surface area contributed by atoms with Crippen molar-refractivity contribution in [3.05, 3.63) is 100 Å². The van der Waals surface area contributed by atoms with E-state index in [9.17, 15) is 9.59 Å². The quantitative estimate of drug-likeness (QED) is 0.430. The van der Waals surface area contributed by atoms with E-state index in [1.54, 1.807) is 28.8 Å². The minimum absolute atomic E-state index is 0. The number of carbonyl (C=O) groups excluding carboxylic acids is 2. The molecule has 0 atom stereocenters. The maximum absolute atomic E-state index is 13.5. The third-order valence-electron chi connectivity index (χ3n) is 5.14. The minimum Gasteiger partial charge on any atom is -1.00 e. The molecular weight excluding hydrogens is 487 g/mol. The molecule has 1 aromatic heterocycles. The summed E-state index contributed by atoms with van der Waals surface area (Å²) in [5.74, 6) is -0.343. The van der Waals surface area contributed by atoms with E-state index in [2.05, 4.69) is 11.4 Å². The van der Waals surface area contributed by atoms with Crippen LogP contribution in [0, 0.1) is 27.7 Å². The molecule has 0 saturated heterocycles. The fourth-order valence-corrected chi connectivity index (χ4v) is 3.85. The molecule has 0 bridgehead atoms. The molecule has 4 rings (SSSR count). The van der Waals surface area contributed by atoms with E-state index < -0.39 is 0 Å². The Balaban J connectivity index is 0.00000256. The Hall–Kier alpha value is -2.80. The number of allylic oxidation sites excluding steroid dienone is 2. The van der Waals surface area contributed by atoms with Crippen LogP contribution in [0.3, 0.4) is 0 Å². The molecule has 4 nitrogen and oxygen atoms in total. The summed E-state index contributed by atoms with van der Waals surface area (Å²) < 4.78 is 1.77. The van der Waals surface area contributed by atoms with E-state index in [1.807, 2.05) is 58.3 Å². The number of rotatable bonds is 3. The van der Waals surface area contributed by atoms with Crippen molar-refractivity contribution < 1.29 is 38.1 Å². The molecular formula is C25H23IN2O2. The lowest BCUT2D eigenvalue weighted by molar-refractivity contribution is -0.578. The van der Waals surface area contributed by atoms with Gasteiger partial charge in [-0.15, -0.1) is 0 Å². The lowest BCUT2D eigenvalue weighted by Gasteiger charge is -2.19. The van der Waals surface area contributed by atoms with Crippen molar-refractivity contribution in [1.29, 1.82) is 0 Å². The lowest BCUT2D eigenvalue weighted by Crippen LogP contribution is -3.00. The number of ketones is 2. The summed E-state index contributed by atoms with van der Waals surface area (Å²) in [6.07, 6.45) is 3.76. The summed E-state index contributed by atoms with van der Waals surface area (Å²) in [5, 5.41) is 3.27. The monoisotopic (exact) mass is 510 g/mol. The molecule has 1 heterocycles. The molecule has 1 aliphatic carbocycles. The predicted octanol–water partition coefficient (Wildman–Crippen LogP) is 1.57. The van der Waals surface area contributed by atoms with Crippen LogP contribution in [0.1, 0.15) is 43.0 Å². The Bertz CT molecular complexity index is 1190. The molecule has 0 unspecified atom stereocenters. The molecule has 0 amide bonds. The molecule has 0 spiro atoms. The van der Waals surface area contributed by atoms with Gasteiger partial charge in [0.15, 0.2) is 18.1 Å². The highest BCUT2D eigenvalue weighted by atomic mass is 127. The van der Waals surface area contributed by atoms with Gasteiger partial charge >= 0.3 is 0 Å². The number of nitrogens with zero attached hydrogens (tertiary/aromatic N) is 1. The number of aromatic nitrogens is 1. The standard InChI is InChI=1S/C25H22N2O2.HI/c1-15-9-10-21(18(4)12-15)26-22-23(27-13-16(2)11-17(3)14-27)25(29)20-8-6-5-7-19(20)24(22)28;/h5-14H,1-4H3;1H. The van der Waals surface area contributed by atoms with Crippen molar-refractivity contribution in [2.75, 3.05) is 5.32 Å². The van der Waals surface area contributed by atoms with E-state index in [1.165, 1.54) is 0 Å². The third-order valence-corrected chi connectivity index (χ3v) is 5.14. The zero-order valence-electron chi connectivity index (χ0n) is 17.4. The van der Waals surface area contributed by atoms with Crippen LogP contribution < -0.4 is 33.9 Å². The third kappa shape index (κ3) is 3.94. The fraction of sp³-hybridized carbons (Fsp3) is 0.160. The molecule has 1 aliphatic rings. The molecule has 0 aliphatic heterocycles. The molecule has 2 aromatic carbocycles. The molecule has 0 fully saturated rings. The minimum atomic E-state index is -0.179. The molecule has 152 valence electrons. The van der Waals surface area contributed by atoms with Gasteiger partial charge in [0.1, 0.15) is 0 Å². The molecule has 3 aromatic rings. The van der Waals surface area contributed by atoms with Gasteiger partial charge in [-0.2, -0.15) is 4.57 Å².